The molecule has 0 N–H and O–H groups in total. The Morgan fingerprint density at radius 1 is 1.16 bits per heavy atom. The maximum Gasteiger partial charge on any atom is 0.296 e. The average molecular weight is 282 g/mol. The van der Waals surface area contributed by atoms with Gasteiger partial charge in [0.25, 0.3) is 10.1 Å². The van der Waals surface area contributed by atoms with Crippen molar-refractivity contribution in [1.29, 1.82) is 0 Å². The van der Waals surface area contributed by atoms with Gasteiger partial charge in [0.2, 0.25) is 0 Å². The molecular formula is C14H18O4S. The molecule has 0 saturated heterocycles. The number of rotatable bonds is 8. The fourth-order valence-corrected chi connectivity index (χ4v) is 2.40. The van der Waals surface area contributed by atoms with Gasteiger partial charge >= 0.3 is 0 Å². The third-order valence-corrected chi connectivity index (χ3v) is 3.85. The predicted molar refractivity (Wildman–Crippen MR) is 73.4 cm³/mol. The topological polar surface area (TPSA) is 60.4 Å². The van der Waals surface area contributed by atoms with Crippen molar-refractivity contribution in [2.45, 2.75) is 31.1 Å². The first kappa shape index (κ1) is 15.6. The van der Waals surface area contributed by atoms with Crippen LogP contribution in [-0.2, 0) is 19.1 Å². The molecule has 1 aromatic rings. The first-order valence-corrected chi connectivity index (χ1v) is 7.53. The fraction of sp³-hybridized carbons (Fsp3) is 0.357. The monoisotopic (exact) mass is 282 g/mol. The SMILES string of the molecule is Cc1ccc(S(=O)(=O)OCCCC/C=C/C=O)cc1. The van der Waals surface area contributed by atoms with E-state index in [1.54, 1.807) is 18.2 Å². The number of carbonyl (C=O) groups is 1. The standard InChI is InChI=1S/C14H18O4S/c1-13-7-9-14(10-8-13)19(16,17)18-12-6-4-2-3-5-11-15/h3,5,7-11H,2,4,6,12H2,1H3/b5-3+. The predicted octanol–water partition coefficient (Wildman–Crippen LogP) is 2.63. The highest BCUT2D eigenvalue weighted by Crippen LogP contribution is 2.13. The van der Waals surface area contributed by atoms with Crippen LogP contribution in [0.2, 0.25) is 0 Å². The third kappa shape index (κ3) is 5.81. The minimum Gasteiger partial charge on any atom is -0.299 e. The molecule has 5 heteroatoms. The smallest absolute Gasteiger partial charge is 0.296 e. The lowest BCUT2D eigenvalue weighted by Crippen LogP contribution is -2.07. The van der Waals surface area contributed by atoms with Crippen molar-refractivity contribution < 1.29 is 17.4 Å². The highest BCUT2D eigenvalue weighted by molar-refractivity contribution is 7.86. The lowest BCUT2D eigenvalue weighted by atomic mass is 10.2. The van der Waals surface area contributed by atoms with Gasteiger partial charge in [0.15, 0.2) is 0 Å². The van der Waals surface area contributed by atoms with E-state index in [2.05, 4.69) is 0 Å². The number of benzene rings is 1. The van der Waals surface area contributed by atoms with Gasteiger partial charge in [0.1, 0.15) is 6.29 Å². The van der Waals surface area contributed by atoms with Crippen molar-refractivity contribution in [3.63, 3.8) is 0 Å². The maximum absolute atomic E-state index is 11.8. The van der Waals surface area contributed by atoms with Crippen LogP contribution in [0.15, 0.2) is 41.3 Å². The van der Waals surface area contributed by atoms with E-state index < -0.39 is 10.1 Å². The second kappa shape index (κ2) is 7.86. The van der Waals surface area contributed by atoms with Gasteiger partial charge in [-0.05, 0) is 44.4 Å². The molecular weight excluding hydrogens is 264 g/mol. The quantitative estimate of drug-likeness (QED) is 0.318. The van der Waals surface area contributed by atoms with E-state index in [1.165, 1.54) is 18.2 Å². The van der Waals surface area contributed by atoms with E-state index in [-0.39, 0.29) is 11.5 Å². The molecule has 19 heavy (non-hydrogen) atoms. The second-order valence-electron chi connectivity index (χ2n) is 4.15. The van der Waals surface area contributed by atoms with Crippen LogP contribution in [0.5, 0.6) is 0 Å². The first-order chi connectivity index (χ1) is 9.06. The number of aldehydes is 1. The summed E-state index contributed by atoms with van der Waals surface area (Å²) in [6.45, 7) is 2.05. The molecule has 0 amide bonds. The van der Waals surface area contributed by atoms with E-state index in [9.17, 15) is 13.2 Å². The summed E-state index contributed by atoms with van der Waals surface area (Å²) in [7, 11) is -3.65. The summed E-state index contributed by atoms with van der Waals surface area (Å²) in [6, 6.07) is 6.55. The Labute approximate surface area is 114 Å². The van der Waals surface area contributed by atoms with E-state index >= 15 is 0 Å². The number of allylic oxidation sites excluding steroid dienone is 2. The van der Waals surface area contributed by atoms with Crippen LogP contribution in [0.3, 0.4) is 0 Å². The van der Waals surface area contributed by atoms with Crippen molar-refractivity contribution in [2.75, 3.05) is 6.61 Å². The number of hydrogen-bond donors (Lipinski definition) is 0. The van der Waals surface area contributed by atoms with Gasteiger partial charge < -0.3 is 0 Å². The summed E-state index contributed by atoms with van der Waals surface area (Å²) < 4.78 is 28.5. The highest BCUT2D eigenvalue weighted by atomic mass is 32.2. The van der Waals surface area contributed by atoms with Crippen molar-refractivity contribution in [2.24, 2.45) is 0 Å². The summed E-state index contributed by atoms with van der Waals surface area (Å²) in [5.74, 6) is 0. The molecule has 1 rings (SSSR count). The largest absolute Gasteiger partial charge is 0.299 e. The van der Waals surface area contributed by atoms with E-state index in [0.717, 1.165) is 24.7 Å². The Balaban J connectivity index is 2.37. The molecule has 0 aliphatic rings. The number of unbranched alkanes of at least 4 members (excludes halogenated alkanes) is 2. The van der Waals surface area contributed by atoms with E-state index in [4.69, 9.17) is 4.18 Å². The minimum absolute atomic E-state index is 0.158. The summed E-state index contributed by atoms with van der Waals surface area (Å²) in [5, 5.41) is 0. The van der Waals surface area contributed by atoms with Crippen molar-refractivity contribution in [3.8, 4) is 0 Å². The fourth-order valence-electron chi connectivity index (χ4n) is 1.46. The molecule has 0 radical (unpaired) electrons. The van der Waals surface area contributed by atoms with Crippen LogP contribution in [0.1, 0.15) is 24.8 Å². The average Bonchev–Trinajstić information content (AvgIpc) is 2.38. The number of carbonyl (C=O) groups excluding carboxylic acids is 1. The van der Waals surface area contributed by atoms with Gasteiger partial charge in [0, 0.05) is 0 Å². The zero-order valence-electron chi connectivity index (χ0n) is 10.9. The van der Waals surface area contributed by atoms with Gasteiger partial charge in [-0.2, -0.15) is 8.42 Å². The van der Waals surface area contributed by atoms with Crippen LogP contribution in [-0.4, -0.2) is 21.3 Å². The summed E-state index contributed by atoms with van der Waals surface area (Å²) >= 11 is 0. The zero-order chi connectivity index (χ0) is 14.1. The normalized spacial score (nSPS) is 11.8. The Kier molecular flexibility index (Phi) is 6.45. The Bertz CT molecular complexity index is 515. The molecule has 0 aromatic heterocycles. The van der Waals surface area contributed by atoms with Crippen molar-refractivity contribution >= 4 is 16.4 Å². The van der Waals surface area contributed by atoms with Gasteiger partial charge in [-0.3, -0.25) is 8.98 Å². The first-order valence-electron chi connectivity index (χ1n) is 6.12. The maximum atomic E-state index is 11.8. The van der Waals surface area contributed by atoms with Crippen LogP contribution in [0.25, 0.3) is 0 Å². The number of aryl methyl sites for hydroxylation is 1. The van der Waals surface area contributed by atoms with Crippen molar-refractivity contribution in [3.05, 3.63) is 42.0 Å². The van der Waals surface area contributed by atoms with Crippen LogP contribution in [0.4, 0.5) is 0 Å². The lowest BCUT2D eigenvalue weighted by molar-refractivity contribution is -0.104. The number of hydrogen-bond acceptors (Lipinski definition) is 4. The summed E-state index contributed by atoms with van der Waals surface area (Å²) in [5.41, 5.74) is 1.00. The second-order valence-corrected chi connectivity index (χ2v) is 5.76. The molecule has 0 aliphatic heterocycles. The third-order valence-electron chi connectivity index (χ3n) is 2.53. The molecule has 0 bridgehead atoms. The summed E-state index contributed by atoms with van der Waals surface area (Å²) in [6.07, 6.45) is 6.07. The molecule has 0 saturated carbocycles. The van der Waals surface area contributed by atoms with E-state index in [0.29, 0.717) is 6.42 Å². The zero-order valence-corrected chi connectivity index (χ0v) is 11.7. The van der Waals surface area contributed by atoms with E-state index in [1.807, 2.05) is 6.92 Å². The van der Waals surface area contributed by atoms with Crippen LogP contribution >= 0.6 is 0 Å². The Morgan fingerprint density at radius 3 is 2.47 bits per heavy atom. The lowest BCUT2D eigenvalue weighted by Gasteiger charge is -2.05. The highest BCUT2D eigenvalue weighted by Gasteiger charge is 2.13. The molecule has 0 heterocycles. The molecule has 0 atom stereocenters. The molecule has 4 nitrogen and oxygen atoms in total. The molecule has 0 spiro atoms. The van der Waals surface area contributed by atoms with Crippen LogP contribution < -0.4 is 0 Å². The molecule has 0 aliphatic carbocycles. The molecule has 0 fully saturated rings. The molecule has 0 unspecified atom stereocenters. The van der Waals surface area contributed by atoms with Gasteiger partial charge in [-0.1, -0.05) is 23.8 Å². The van der Waals surface area contributed by atoms with Gasteiger partial charge in [-0.15, -0.1) is 0 Å². The van der Waals surface area contributed by atoms with Crippen molar-refractivity contribution in [1.82, 2.24) is 0 Å². The molecule has 104 valence electrons. The molecule has 1 aromatic carbocycles. The van der Waals surface area contributed by atoms with Crippen LogP contribution in [0, 0.1) is 6.92 Å². The minimum atomic E-state index is -3.65. The summed E-state index contributed by atoms with van der Waals surface area (Å²) in [4.78, 5) is 10.2. The van der Waals surface area contributed by atoms with Gasteiger partial charge in [-0.25, -0.2) is 0 Å². The Hall–Kier alpha value is -1.46. The Morgan fingerprint density at radius 2 is 1.84 bits per heavy atom. The van der Waals surface area contributed by atoms with Gasteiger partial charge in [0.05, 0.1) is 11.5 Å².